The highest BCUT2D eigenvalue weighted by atomic mass is 79.9. The third kappa shape index (κ3) is 5.29. The van der Waals surface area contributed by atoms with Gasteiger partial charge in [0.25, 0.3) is 0 Å². The van der Waals surface area contributed by atoms with Crippen molar-refractivity contribution in [1.82, 2.24) is 4.90 Å². The van der Waals surface area contributed by atoms with Gasteiger partial charge in [-0.25, -0.2) is 0 Å². The Morgan fingerprint density at radius 3 is 2.47 bits per heavy atom. The molecule has 0 spiro atoms. The smallest absolute Gasteiger partial charge is 0.0931 e. The van der Waals surface area contributed by atoms with Gasteiger partial charge < -0.3 is 4.90 Å². The van der Waals surface area contributed by atoms with Crippen LogP contribution in [0.3, 0.4) is 0 Å². The average Bonchev–Trinajstić information content (AvgIpc) is 2.58. The SMILES string of the molecule is CN(Cc1ccc(Cl)s1)CC(CBr)C(C)(C)C. The topological polar surface area (TPSA) is 3.24 Å². The van der Waals surface area contributed by atoms with Crippen LogP contribution < -0.4 is 0 Å². The fourth-order valence-corrected chi connectivity index (χ4v) is 4.04. The van der Waals surface area contributed by atoms with Crippen molar-refractivity contribution >= 4 is 38.9 Å². The summed E-state index contributed by atoms with van der Waals surface area (Å²) < 4.78 is 0.876. The van der Waals surface area contributed by atoms with Gasteiger partial charge in [0.15, 0.2) is 0 Å². The third-order valence-corrected chi connectivity index (χ3v) is 5.00. The first kappa shape index (κ1) is 15.5. The molecule has 0 saturated carbocycles. The van der Waals surface area contributed by atoms with Crippen LogP contribution in [0.5, 0.6) is 0 Å². The minimum absolute atomic E-state index is 0.338. The quantitative estimate of drug-likeness (QED) is 0.691. The maximum atomic E-state index is 5.94. The van der Waals surface area contributed by atoms with Gasteiger partial charge in [0, 0.05) is 23.3 Å². The molecule has 1 rings (SSSR count). The van der Waals surface area contributed by atoms with Crippen LogP contribution in [-0.2, 0) is 6.54 Å². The molecule has 17 heavy (non-hydrogen) atoms. The summed E-state index contributed by atoms with van der Waals surface area (Å²) in [7, 11) is 2.18. The molecule has 0 aliphatic carbocycles. The van der Waals surface area contributed by atoms with Gasteiger partial charge in [0.2, 0.25) is 0 Å². The lowest BCUT2D eigenvalue weighted by atomic mass is 9.82. The molecule has 1 aromatic rings. The fourth-order valence-electron chi connectivity index (χ4n) is 1.70. The van der Waals surface area contributed by atoms with Crippen LogP contribution >= 0.6 is 38.9 Å². The van der Waals surface area contributed by atoms with Gasteiger partial charge in [-0.05, 0) is 30.5 Å². The first-order chi connectivity index (χ1) is 7.82. The van der Waals surface area contributed by atoms with Crippen molar-refractivity contribution in [1.29, 1.82) is 0 Å². The van der Waals surface area contributed by atoms with Gasteiger partial charge in [0.1, 0.15) is 0 Å². The second-order valence-corrected chi connectivity index (χ2v) is 8.07. The molecule has 0 fully saturated rings. The lowest BCUT2D eigenvalue weighted by Crippen LogP contribution is -2.33. The number of rotatable bonds is 5. The monoisotopic (exact) mass is 337 g/mol. The van der Waals surface area contributed by atoms with E-state index in [1.807, 2.05) is 6.07 Å². The molecule has 1 unspecified atom stereocenters. The van der Waals surface area contributed by atoms with E-state index in [9.17, 15) is 0 Å². The van der Waals surface area contributed by atoms with Crippen LogP contribution in [0.4, 0.5) is 0 Å². The van der Waals surface area contributed by atoms with Crippen LogP contribution in [0.1, 0.15) is 25.6 Å². The van der Waals surface area contributed by atoms with Gasteiger partial charge in [-0.2, -0.15) is 0 Å². The second-order valence-electron chi connectivity index (χ2n) is 5.62. The fraction of sp³-hybridized carbons (Fsp3) is 0.692. The van der Waals surface area contributed by atoms with Gasteiger partial charge in [-0.15, -0.1) is 11.3 Å². The minimum Gasteiger partial charge on any atom is -0.301 e. The van der Waals surface area contributed by atoms with Crippen LogP contribution in [0.25, 0.3) is 0 Å². The Bertz CT molecular complexity index is 345. The number of thiophene rings is 1. The van der Waals surface area contributed by atoms with E-state index in [-0.39, 0.29) is 0 Å². The Kier molecular flexibility index (Phi) is 5.97. The molecule has 0 amide bonds. The van der Waals surface area contributed by atoms with Crippen LogP contribution in [0.2, 0.25) is 4.34 Å². The number of alkyl halides is 1. The maximum absolute atomic E-state index is 5.94. The summed E-state index contributed by atoms with van der Waals surface area (Å²) in [6, 6.07) is 4.09. The molecule has 1 heterocycles. The molecule has 1 nitrogen and oxygen atoms in total. The molecule has 1 aromatic heterocycles. The summed E-state index contributed by atoms with van der Waals surface area (Å²) in [6.07, 6.45) is 0. The van der Waals surface area contributed by atoms with Gasteiger partial charge in [0.05, 0.1) is 4.34 Å². The molecule has 4 heteroatoms. The van der Waals surface area contributed by atoms with E-state index in [1.165, 1.54) is 4.88 Å². The minimum atomic E-state index is 0.338. The zero-order valence-corrected chi connectivity index (χ0v) is 14.1. The molecule has 0 bridgehead atoms. The van der Waals surface area contributed by atoms with Gasteiger partial charge in [-0.3, -0.25) is 0 Å². The second kappa shape index (κ2) is 6.55. The van der Waals surface area contributed by atoms with E-state index in [0.717, 1.165) is 22.8 Å². The van der Waals surface area contributed by atoms with E-state index in [2.05, 4.69) is 54.7 Å². The summed E-state index contributed by atoms with van der Waals surface area (Å²) >= 11 is 11.2. The predicted octanol–water partition coefficient (Wildman–Crippen LogP) is 4.89. The van der Waals surface area contributed by atoms with Crippen molar-refractivity contribution in [3.05, 3.63) is 21.3 Å². The van der Waals surface area contributed by atoms with Gasteiger partial charge in [-0.1, -0.05) is 48.3 Å². The van der Waals surface area contributed by atoms with E-state index in [0.29, 0.717) is 11.3 Å². The lowest BCUT2D eigenvalue weighted by Gasteiger charge is -2.32. The molecule has 0 aromatic carbocycles. The molecule has 0 aliphatic heterocycles. The Morgan fingerprint density at radius 2 is 2.06 bits per heavy atom. The average molecular weight is 339 g/mol. The van der Waals surface area contributed by atoms with E-state index in [1.54, 1.807) is 11.3 Å². The number of hydrogen-bond acceptors (Lipinski definition) is 2. The summed E-state index contributed by atoms with van der Waals surface area (Å²) in [4.78, 5) is 3.71. The number of hydrogen-bond donors (Lipinski definition) is 0. The van der Waals surface area contributed by atoms with E-state index < -0.39 is 0 Å². The standard InChI is InChI=1S/C13H21BrClNS/c1-13(2,3)10(7-14)8-16(4)9-11-5-6-12(15)17-11/h5-6,10H,7-9H2,1-4H3. The summed E-state index contributed by atoms with van der Waals surface area (Å²) in [6.45, 7) is 8.99. The summed E-state index contributed by atoms with van der Waals surface area (Å²) in [5.41, 5.74) is 0.338. The van der Waals surface area contributed by atoms with Crippen LogP contribution in [0, 0.1) is 11.3 Å². The third-order valence-electron chi connectivity index (χ3n) is 3.00. The Balaban J connectivity index is 2.51. The summed E-state index contributed by atoms with van der Waals surface area (Å²) in [5, 5.41) is 1.05. The Hall–Kier alpha value is 0.430. The Morgan fingerprint density at radius 1 is 1.41 bits per heavy atom. The highest BCUT2D eigenvalue weighted by molar-refractivity contribution is 9.09. The molecule has 98 valence electrons. The molecular weight excluding hydrogens is 318 g/mol. The predicted molar refractivity (Wildman–Crippen MR) is 82.4 cm³/mol. The van der Waals surface area contributed by atoms with Crippen LogP contribution in [-0.4, -0.2) is 23.8 Å². The first-order valence-electron chi connectivity index (χ1n) is 5.81. The largest absolute Gasteiger partial charge is 0.301 e. The van der Waals surface area contributed by atoms with Crippen molar-refractivity contribution in [2.75, 3.05) is 18.9 Å². The van der Waals surface area contributed by atoms with Crippen molar-refractivity contribution < 1.29 is 0 Å². The van der Waals surface area contributed by atoms with Crippen molar-refractivity contribution in [3.8, 4) is 0 Å². The maximum Gasteiger partial charge on any atom is 0.0931 e. The molecule has 0 radical (unpaired) electrons. The first-order valence-corrected chi connectivity index (χ1v) is 8.13. The number of nitrogens with zero attached hydrogens (tertiary/aromatic N) is 1. The van der Waals surface area contributed by atoms with E-state index >= 15 is 0 Å². The highest BCUT2D eigenvalue weighted by Crippen LogP contribution is 2.29. The lowest BCUT2D eigenvalue weighted by molar-refractivity contribution is 0.184. The van der Waals surface area contributed by atoms with Crippen molar-refractivity contribution in [2.45, 2.75) is 27.3 Å². The summed E-state index contributed by atoms with van der Waals surface area (Å²) in [5.74, 6) is 0.655. The van der Waals surface area contributed by atoms with Crippen LogP contribution in [0.15, 0.2) is 12.1 Å². The number of halogens is 2. The molecule has 0 N–H and O–H groups in total. The zero-order valence-electron chi connectivity index (χ0n) is 11.0. The van der Waals surface area contributed by atoms with Gasteiger partial charge >= 0.3 is 0 Å². The molecule has 0 saturated heterocycles. The van der Waals surface area contributed by atoms with Crippen molar-refractivity contribution in [2.24, 2.45) is 11.3 Å². The molecule has 1 atom stereocenters. The molecular formula is C13H21BrClNS. The highest BCUT2D eigenvalue weighted by Gasteiger charge is 2.24. The Labute approximate surface area is 122 Å². The van der Waals surface area contributed by atoms with E-state index in [4.69, 9.17) is 11.6 Å². The normalized spacial score (nSPS) is 14.3. The molecule has 0 aliphatic rings. The zero-order chi connectivity index (χ0) is 13.1. The van der Waals surface area contributed by atoms with Crippen molar-refractivity contribution in [3.63, 3.8) is 0 Å².